The monoisotopic (exact) mass is 612 g/mol. The van der Waals surface area contributed by atoms with Crippen LogP contribution in [0.25, 0.3) is 0 Å². The number of rotatable bonds is 8. The Bertz CT molecular complexity index is 1240. The first-order valence-corrected chi connectivity index (χ1v) is 14.3. The van der Waals surface area contributed by atoms with Gasteiger partial charge in [-0.2, -0.15) is 0 Å². The van der Waals surface area contributed by atoms with Crippen molar-refractivity contribution in [3.8, 4) is 0 Å². The molecular formula is C32H36O12. The molecule has 44 heavy (non-hydrogen) atoms. The average Bonchev–Trinajstić information content (AvgIpc) is 3.47. The van der Waals surface area contributed by atoms with Gasteiger partial charge in [-0.25, -0.2) is 9.59 Å². The van der Waals surface area contributed by atoms with Gasteiger partial charge in [-0.3, -0.25) is 9.59 Å². The standard InChI is InChI=1S/C32H36O12/c1-17(33)37-21(19-13-9-7-10-14-19)29(35)39-23-25-27(43-31(3,4)41-25)24(28-26(23)42-32(5,6)44-28)40-30(36)22(38-18(2)34)20-15-11-8-12-16-20/h7-16,21-28H,1-6H3/t21-,22-,23?,24?,25-,26+,27+,28+/m0/s1. The molecule has 0 spiro atoms. The van der Waals surface area contributed by atoms with Crippen LogP contribution in [-0.2, 0) is 57.1 Å². The van der Waals surface area contributed by atoms with Crippen LogP contribution in [-0.4, -0.2) is 72.1 Å². The van der Waals surface area contributed by atoms with Crippen LogP contribution in [0.3, 0.4) is 0 Å². The number of carbonyl (C=O) groups is 4. The molecule has 0 bridgehead atoms. The first-order valence-electron chi connectivity index (χ1n) is 14.3. The minimum absolute atomic E-state index is 0.411. The van der Waals surface area contributed by atoms with Crippen molar-refractivity contribution in [2.45, 2.75) is 102 Å². The molecule has 2 unspecified atom stereocenters. The van der Waals surface area contributed by atoms with Crippen LogP contribution in [0.4, 0.5) is 0 Å². The second kappa shape index (κ2) is 12.3. The zero-order valence-electron chi connectivity index (χ0n) is 25.3. The molecular weight excluding hydrogens is 576 g/mol. The van der Waals surface area contributed by atoms with Gasteiger partial charge in [0.15, 0.2) is 23.8 Å². The van der Waals surface area contributed by atoms with E-state index in [0.29, 0.717) is 11.1 Å². The third-order valence-electron chi connectivity index (χ3n) is 7.33. The number of esters is 4. The smallest absolute Gasteiger partial charge is 0.352 e. The normalized spacial score (nSPS) is 29.3. The summed E-state index contributed by atoms with van der Waals surface area (Å²) in [7, 11) is 0. The van der Waals surface area contributed by atoms with E-state index < -0.39 is 84.3 Å². The molecule has 8 atom stereocenters. The van der Waals surface area contributed by atoms with Crippen molar-refractivity contribution in [2.24, 2.45) is 0 Å². The average molecular weight is 613 g/mol. The van der Waals surface area contributed by atoms with E-state index in [4.69, 9.17) is 37.9 Å². The van der Waals surface area contributed by atoms with Gasteiger partial charge < -0.3 is 37.9 Å². The molecule has 0 aromatic heterocycles. The number of carbonyl (C=O) groups excluding carboxylic acids is 4. The van der Waals surface area contributed by atoms with Gasteiger partial charge in [-0.1, -0.05) is 60.7 Å². The van der Waals surface area contributed by atoms with Crippen molar-refractivity contribution in [1.82, 2.24) is 0 Å². The van der Waals surface area contributed by atoms with Gasteiger partial charge in [-0.05, 0) is 27.7 Å². The molecule has 0 amide bonds. The Kier molecular flexibility index (Phi) is 8.81. The van der Waals surface area contributed by atoms with E-state index >= 15 is 0 Å². The maximum Gasteiger partial charge on any atom is 0.352 e. The van der Waals surface area contributed by atoms with Crippen molar-refractivity contribution in [1.29, 1.82) is 0 Å². The molecule has 0 N–H and O–H groups in total. The van der Waals surface area contributed by atoms with E-state index in [2.05, 4.69) is 0 Å². The highest BCUT2D eigenvalue weighted by Gasteiger charge is 2.66. The Labute approximate surface area is 254 Å². The van der Waals surface area contributed by atoms with Gasteiger partial charge in [0, 0.05) is 25.0 Å². The molecule has 2 aliphatic heterocycles. The highest BCUT2D eigenvalue weighted by molar-refractivity contribution is 5.81. The molecule has 5 rings (SSSR count). The van der Waals surface area contributed by atoms with Gasteiger partial charge in [0.25, 0.3) is 0 Å². The Balaban J connectivity index is 1.47. The van der Waals surface area contributed by atoms with E-state index in [1.54, 1.807) is 88.4 Å². The summed E-state index contributed by atoms with van der Waals surface area (Å²) in [4.78, 5) is 51.1. The first-order chi connectivity index (χ1) is 20.7. The number of hydrogen-bond acceptors (Lipinski definition) is 12. The lowest BCUT2D eigenvalue weighted by Crippen LogP contribution is -2.64. The fourth-order valence-corrected chi connectivity index (χ4v) is 5.78. The first kappa shape index (κ1) is 31.6. The molecule has 1 aliphatic carbocycles. The van der Waals surface area contributed by atoms with E-state index in [1.807, 2.05) is 0 Å². The van der Waals surface area contributed by atoms with Crippen LogP contribution < -0.4 is 0 Å². The zero-order valence-corrected chi connectivity index (χ0v) is 25.3. The summed E-state index contributed by atoms with van der Waals surface area (Å²) in [5.74, 6) is -5.42. The van der Waals surface area contributed by atoms with Crippen molar-refractivity contribution in [3.63, 3.8) is 0 Å². The van der Waals surface area contributed by atoms with Gasteiger partial charge in [0.05, 0.1) is 0 Å². The second-order valence-electron chi connectivity index (χ2n) is 11.7. The molecule has 236 valence electrons. The Morgan fingerprint density at radius 2 is 0.864 bits per heavy atom. The minimum Gasteiger partial charge on any atom is -0.454 e. The molecule has 3 fully saturated rings. The number of hydrogen-bond donors (Lipinski definition) is 0. The molecule has 3 aliphatic rings. The molecule has 12 heteroatoms. The van der Waals surface area contributed by atoms with E-state index in [9.17, 15) is 19.2 Å². The minimum atomic E-state index is -1.36. The Morgan fingerprint density at radius 3 is 1.14 bits per heavy atom. The van der Waals surface area contributed by atoms with Crippen molar-refractivity contribution >= 4 is 23.9 Å². The molecule has 2 heterocycles. The van der Waals surface area contributed by atoms with Crippen LogP contribution in [0.2, 0.25) is 0 Å². The highest BCUT2D eigenvalue weighted by atomic mass is 16.8. The quantitative estimate of drug-likeness (QED) is 0.318. The zero-order chi connectivity index (χ0) is 31.8. The summed E-state index contributed by atoms with van der Waals surface area (Å²) < 4.78 is 47.6. The van der Waals surface area contributed by atoms with E-state index in [-0.39, 0.29) is 0 Å². The summed E-state index contributed by atoms with van der Waals surface area (Å²) in [6, 6.07) is 16.9. The molecule has 2 aromatic carbocycles. The topological polar surface area (TPSA) is 142 Å². The maximum atomic E-state index is 13.6. The second-order valence-corrected chi connectivity index (χ2v) is 11.7. The molecule has 0 radical (unpaired) electrons. The van der Waals surface area contributed by atoms with Gasteiger partial charge in [0.1, 0.15) is 24.4 Å². The fourth-order valence-electron chi connectivity index (χ4n) is 5.78. The van der Waals surface area contributed by atoms with Crippen LogP contribution in [0.15, 0.2) is 60.7 Å². The predicted molar refractivity (Wildman–Crippen MR) is 149 cm³/mol. The Hall–Kier alpha value is -3.84. The maximum absolute atomic E-state index is 13.6. The lowest BCUT2D eigenvalue weighted by Gasteiger charge is -2.42. The molecule has 2 aromatic rings. The largest absolute Gasteiger partial charge is 0.454 e. The molecule has 2 saturated heterocycles. The summed E-state index contributed by atoms with van der Waals surface area (Å²) in [5, 5.41) is 0. The fraction of sp³-hybridized carbons (Fsp3) is 0.500. The van der Waals surface area contributed by atoms with Crippen molar-refractivity contribution in [2.75, 3.05) is 0 Å². The van der Waals surface area contributed by atoms with Crippen LogP contribution >= 0.6 is 0 Å². The number of ether oxygens (including phenoxy) is 8. The number of benzene rings is 2. The van der Waals surface area contributed by atoms with Crippen molar-refractivity contribution in [3.05, 3.63) is 71.8 Å². The summed E-state index contributed by atoms with van der Waals surface area (Å²) >= 11 is 0. The number of fused-ring (bicyclic) bond motifs is 2. The summed E-state index contributed by atoms with van der Waals surface area (Å²) in [6.45, 7) is 9.06. The van der Waals surface area contributed by atoms with Crippen LogP contribution in [0.1, 0.15) is 64.9 Å². The van der Waals surface area contributed by atoms with Crippen molar-refractivity contribution < 1.29 is 57.1 Å². The SMILES string of the molecule is CC(=O)O[C@H](C(=O)OC1[C@H]2OC(C)(C)O[C@@H]2C(OC(=O)[C@@H](OC(C)=O)c2ccccc2)[C@@H]2OC(C)(C)O[C@H]12)c1ccccc1. The van der Waals surface area contributed by atoms with Gasteiger partial charge >= 0.3 is 23.9 Å². The lowest BCUT2D eigenvalue weighted by atomic mass is 9.84. The molecule has 1 saturated carbocycles. The lowest BCUT2D eigenvalue weighted by molar-refractivity contribution is -0.209. The van der Waals surface area contributed by atoms with Crippen LogP contribution in [0, 0.1) is 0 Å². The van der Waals surface area contributed by atoms with E-state index in [0.717, 1.165) is 0 Å². The van der Waals surface area contributed by atoms with E-state index in [1.165, 1.54) is 13.8 Å². The van der Waals surface area contributed by atoms with Gasteiger partial charge in [-0.15, -0.1) is 0 Å². The van der Waals surface area contributed by atoms with Gasteiger partial charge in [0.2, 0.25) is 12.2 Å². The third-order valence-corrected chi connectivity index (χ3v) is 7.33. The third kappa shape index (κ3) is 6.78. The Morgan fingerprint density at radius 1 is 0.568 bits per heavy atom. The molecule has 12 nitrogen and oxygen atoms in total. The highest BCUT2D eigenvalue weighted by Crippen LogP contribution is 2.47. The predicted octanol–water partition coefficient (Wildman–Crippen LogP) is 3.47. The van der Waals surface area contributed by atoms with Crippen LogP contribution in [0.5, 0.6) is 0 Å². The summed E-state index contributed by atoms with van der Waals surface area (Å²) in [5.41, 5.74) is 0.822. The summed E-state index contributed by atoms with van der Waals surface area (Å²) in [6.07, 6.45) is -8.88.